The Hall–Kier alpha value is -3.00. The van der Waals surface area contributed by atoms with Crippen LogP contribution in [0, 0.1) is 55.7 Å². The molecule has 0 heterocycles. The zero-order valence-electron chi connectivity index (χ0n) is 30.2. The molecule has 1 aromatic rings. The van der Waals surface area contributed by atoms with Crippen molar-refractivity contribution in [3.8, 4) is 6.07 Å². The maximum Gasteiger partial charge on any atom is 0.224 e. The van der Waals surface area contributed by atoms with Gasteiger partial charge in [0.15, 0.2) is 11.6 Å². The summed E-state index contributed by atoms with van der Waals surface area (Å²) < 4.78 is 0. The summed E-state index contributed by atoms with van der Waals surface area (Å²) in [6.45, 7) is 22.1. The van der Waals surface area contributed by atoms with E-state index in [1.54, 1.807) is 0 Å². The van der Waals surface area contributed by atoms with Crippen molar-refractivity contribution in [2.24, 2.45) is 44.3 Å². The molecule has 1 aromatic carbocycles. The van der Waals surface area contributed by atoms with Crippen molar-refractivity contribution in [3.63, 3.8) is 0 Å². The fourth-order valence-corrected chi connectivity index (χ4v) is 9.27. The van der Waals surface area contributed by atoms with Crippen molar-refractivity contribution in [1.82, 2.24) is 0 Å². The number of nitrogens with one attached hydrogen (secondary N) is 1. The molecule has 0 radical (unpaired) electrons. The van der Waals surface area contributed by atoms with Crippen LogP contribution in [0.25, 0.3) is 0 Å². The molecule has 0 saturated heterocycles. The van der Waals surface area contributed by atoms with Crippen LogP contribution in [0.15, 0.2) is 53.6 Å². The van der Waals surface area contributed by atoms with Crippen LogP contribution in [0.4, 0.5) is 5.69 Å². The molecule has 0 bridgehead atoms. The molecule has 1 amide bonds. The van der Waals surface area contributed by atoms with Gasteiger partial charge in [0.05, 0.1) is 5.57 Å². The normalized spacial score (nSPS) is 31.8. The molecule has 5 heteroatoms. The van der Waals surface area contributed by atoms with Gasteiger partial charge in [-0.1, -0.05) is 106 Å². The topological polar surface area (TPSA) is 87.0 Å². The molecule has 1 saturated carbocycles. The number of benzene rings is 1. The lowest BCUT2D eigenvalue weighted by atomic mass is 9.39. The van der Waals surface area contributed by atoms with Gasteiger partial charge in [-0.2, -0.15) is 5.26 Å². The van der Waals surface area contributed by atoms with Gasteiger partial charge < -0.3 is 5.32 Å². The number of nitrogens with zero attached hydrogens (tertiary/aromatic N) is 1. The van der Waals surface area contributed by atoms with E-state index in [2.05, 4.69) is 66.8 Å². The summed E-state index contributed by atoms with van der Waals surface area (Å²) in [5.74, 6) is -0.0232. The van der Waals surface area contributed by atoms with E-state index in [0.717, 1.165) is 62.6 Å². The predicted molar refractivity (Wildman–Crippen MR) is 187 cm³/mol. The minimum atomic E-state index is -0.676. The molecule has 250 valence electrons. The Labute approximate surface area is 278 Å². The second-order valence-electron chi connectivity index (χ2n) is 17.3. The Morgan fingerprint density at radius 2 is 1.65 bits per heavy atom. The van der Waals surface area contributed by atoms with E-state index in [-0.39, 0.29) is 56.5 Å². The number of Topliss-reactive ketones (excluding diaryl/α,β-unsaturated/α-hetero) is 1. The zero-order valence-corrected chi connectivity index (χ0v) is 30.2. The van der Waals surface area contributed by atoms with Crippen LogP contribution in [0.2, 0.25) is 0 Å². The third-order valence-electron chi connectivity index (χ3n) is 13.7. The molecule has 46 heavy (non-hydrogen) atoms. The third kappa shape index (κ3) is 6.31. The largest absolute Gasteiger partial charge is 0.326 e. The molecule has 1 unspecified atom stereocenters. The molecule has 0 spiro atoms. The molecular formula is C41H58N2O3. The van der Waals surface area contributed by atoms with Crippen LogP contribution in [0.1, 0.15) is 127 Å². The van der Waals surface area contributed by atoms with E-state index in [0.29, 0.717) is 6.42 Å². The monoisotopic (exact) mass is 626 g/mol. The number of rotatable bonds is 11. The summed E-state index contributed by atoms with van der Waals surface area (Å²) in [6.07, 6.45) is 11.8. The van der Waals surface area contributed by atoms with Crippen molar-refractivity contribution < 1.29 is 14.4 Å². The first-order valence-electron chi connectivity index (χ1n) is 17.6. The van der Waals surface area contributed by atoms with Crippen LogP contribution < -0.4 is 5.32 Å². The molecular weight excluding hydrogens is 568 g/mol. The highest BCUT2D eigenvalue weighted by atomic mass is 16.1. The van der Waals surface area contributed by atoms with E-state index in [1.165, 1.54) is 0 Å². The number of carbonyl (C=O) groups excluding carboxylic acids is 3. The maximum atomic E-state index is 13.9. The standard InChI is InChI=1S/C41H58N2O3/c1-11-36(3,4)21-22-38(7,19-18-34(45)43-30-15-13-12-14-16-30)23-24-40(9)28(2)31(44)25-33-39(8)26-29(27-42)35(46)37(5,6)32(39)17-20-41(33,40)10/h12-16,25-26,28,32H,11,17-24H2,1-10H3,(H,43,45)/t28?,32-,38-,39-,40+,41+/m0/s1. The minimum absolute atomic E-state index is 0.0269. The summed E-state index contributed by atoms with van der Waals surface area (Å²) in [6, 6.07) is 11.8. The lowest BCUT2D eigenvalue weighted by molar-refractivity contribution is -0.137. The zero-order chi connectivity index (χ0) is 34.3. The summed E-state index contributed by atoms with van der Waals surface area (Å²) in [7, 11) is 0. The lowest BCUT2D eigenvalue weighted by Gasteiger charge is -2.64. The van der Waals surface area contributed by atoms with Crippen molar-refractivity contribution in [3.05, 3.63) is 53.6 Å². The smallest absolute Gasteiger partial charge is 0.224 e. The second kappa shape index (κ2) is 12.6. The van der Waals surface area contributed by atoms with Crippen LogP contribution >= 0.6 is 0 Å². The van der Waals surface area contributed by atoms with Crippen molar-refractivity contribution >= 4 is 23.2 Å². The number of nitriles is 1. The SMILES string of the molecule is CCC(C)(C)CC[C@](C)(CCC(=O)Nc1ccccc1)CC[C@]1(C)C(C)C(=O)C=C2[C@@]3(C)C=C(C#N)C(=O)C(C)(C)[C@@H]3CC[C@]21C. The van der Waals surface area contributed by atoms with E-state index < -0.39 is 10.8 Å². The molecule has 6 atom stereocenters. The number of amides is 1. The number of fused-ring (bicyclic) bond motifs is 3. The van der Waals surface area contributed by atoms with Gasteiger partial charge in [-0.05, 0) is 90.7 Å². The Bertz CT molecular complexity index is 1460. The highest BCUT2D eigenvalue weighted by molar-refractivity contribution is 6.04. The highest BCUT2D eigenvalue weighted by Crippen LogP contribution is 2.70. The first kappa shape index (κ1) is 35.8. The Kier molecular flexibility index (Phi) is 9.78. The van der Waals surface area contributed by atoms with Crippen LogP contribution in [-0.2, 0) is 14.4 Å². The first-order chi connectivity index (χ1) is 21.3. The summed E-state index contributed by atoms with van der Waals surface area (Å²) >= 11 is 0. The summed E-state index contributed by atoms with van der Waals surface area (Å²) in [4.78, 5) is 40.4. The van der Waals surface area contributed by atoms with Crippen LogP contribution in [0.5, 0.6) is 0 Å². The van der Waals surface area contributed by atoms with Gasteiger partial charge in [-0.3, -0.25) is 14.4 Å². The Morgan fingerprint density at radius 1 is 1.00 bits per heavy atom. The van der Waals surface area contributed by atoms with E-state index >= 15 is 0 Å². The maximum absolute atomic E-state index is 13.9. The van der Waals surface area contributed by atoms with Gasteiger partial charge in [0.2, 0.25) is 5.91 Å². The van der Waals surface area contributed by atoms with E-state index in [1.807, 2.05) is 56.3 Å². The van der Waals surface area contributed by atoms with Crippen molar-refractivity contribution in [2.75, 3.05) is 5.32 Å². The predicted octanol–water partition coefficient (Wildman–Crippen LogP) is 10.0. The summed E-state index contributed by atoms with van der Waals surface area (Å²) in [5.41, 5.74) is 0.485. The van der Waals surface area contributed by atoms with Gasteiger partial charge in [0.1, 0.15) is 6.07 Å². The average molecular weight is 627 g/mol. The minimum Gasteiger partial charge on any atom is -0.326 e. The molecule has 0 aromatic heterocycles. The molecule has 1 N–H and O–H groups in total. The summed E-state index contributed by atoms with van der Waals surface area (Å²) in [5, 5.41) is 13.0. The number of hydrogen-bond donors (Lipinski definition) is 1. The third-order valence-corrected chi connectivity index (χ3v) is 13.7. The highest BCUT2D eigenvalue weighted by Gasteiger charge is 2.64. The van der Waals surface area contributed by atoms with Crippen LogP contribution in [0.3, 0.4) is 0 Å². The number of anilines is 1. The second-order valence-corrected chi connectivity index (χ2v) is 17.3. The van der Waals surface area contributed by atoms with Gasteiger partial charge in [-0.15, -0.1) is 0 Å². The number of carbonyl (C=O) groups is 3. The average Bonchev–Trinajstić information content (AvgIpc) is 3.01. The van der Waals surface area contributed by atoms with Crippen molar-refractivity contribution in [1.29, 1.82) is 5.26 Å². The molecule has 4 rings (SSSR count). The number of allylic oxidation sites excluding steroid dienone is 4. The molecule has 0 aliphatic heterocycles. The molecule has 5 nitrogen and oxygen atoms in total. The van der Waals surface area contributed by atoms with Gasteiger partial charge in [0, 0.05) is 28.9 Å². The van der Waals surface area contributed by atoms with Crippen LogP contribution in [-0.4, -0.2) is 17.5 Å². The number of ketones is 2. The lowest BCUT2D eigenvalue weighted by Crippen LogP contribution is -2.59. The van der Waals surface area contributed by atoms with Gasteiger partial charge >= 0.3 is 0 Å². The molecule has 3 aliphatic rings. The molecule has 1 fully saturated rings. The van der Waals surface area contributed by atoms with E-state index in [9.17, 15) is 19.6 Å². The Morgan fingerprint density at radius 3 is 2.26 bits per heavy atom. The van der Waals surface area contributed by atoms with Gasteiger partial charge in [-0.25, -0.2) is 0 Å². The first-order valence-corrected chi connectivity index (χ1v) is 17.6. The van der Waals surface area contributed by atoms with Gasteiger partial charge in [0.25, 0.3) is 0 Å². The quantitative estimate of drug-likeness (QED) is 0.265. The van der Waals surface area contributed by atoms with Crippen molar-refractivity contribution in [2.45, 2.75) is 127 Å². The Balaban J connectivity index is 1.66. The number of hydrogen-bond acceptors (Lipinski definition) is 4. The molecule has 3 aliphatic carbocycles. The fourth-order valence-electron chi connectivity index (χ4n) is 9.27. The van der Waals surface area contributed by atoms with E-state index in [4.69, 9.17) is 0 Å². The fraction of sp³-hybridized carbons (Fsp3) is 0.659. The number of para-hydroxylation sites is 1.